The lowest BCUT2D eigenvalue weighted by Crippen LogP contribution is -2.16. The second kappa shape index (κ2) is 6.76. The maximum atomic E-state index is 12.9. The first kappa shape index (κ1) is 17.3. The molecule has 0 aliphatic rings. The summed E-state index contributed by atoms with van der Waals surface area (Å²) in [4.78, 5) is 17.4. The van der Waals surface area contributed by atoms with E-state index in [1.165, 1.54) is 0 Å². The van der Waals surface area contributed by atoms with Crippen molar-refractivity contribution in [1.29, 1.82) is 0 Å². The number of aromatic nitrogens is 2. The Kier molecular flexibility index (Phi) is 4.67. The number of aryl methyl sites for hydroxylation is 2. The lowest BCUT2D eigenvalue weighted by molar-refractivity contribution is 0.102. The Balaban J connectivity index is 2.05. The first-order chi connectivity index (χ1) is 11.9. The summed E-state index contributed by atoms with van der Waals surface area (Å²) in [5, 5.41) is 2.89. The van der Waals surface area contributed by atoms with Gasteiger partial charge in [-0.2, -0.15) is 0 Å². The number of rotatable bonds is 4. The van der Waals surface area contributed by atoms with Gasteiger partial charge in [0.1, 0.15) is 22.8 Å². The molecule has 6 nitrogen and oxygen atoms in total. The number of fused-ring (bicyclic) bond motifs is 1. The van der Waals surface area contributed by atoms with Crippen LogP contribution >= 0.6 is 15.9 Å². The van der Waals surface area contributed by atoms with Crippen LogP contribution in [0.15, 0.2) is 34.9 Å². The van der Waals surface area contributed by atoms with E-state index in [1.807, 2.05) is 26.1 Å². The van der Waals surface area contributed by atoms with Crippen LogP contribution in [0.25, 0.3) is 5.65 Å². The highest BCUT2D eigenvalue weighted by Gasteiger charge is 2.19. The van der Waals surface area contributed by atoms with E-state index >= 15 is 0 Å². The van der Waals surface area contributed by atoms with Crippen molar-refractivity contribution in [2.75, 3.05) is 19.5 Å². The molecule has 1 amide bonds. The topological polar surface area (TPSA) is 64.9 Å². The molecule has 130 valence electrons. The van der Waals surface area contributed by atoms with Crippen LogP contribution in [-0.4, -0.2) is 29.5 Å². The van der Waals surface area contributed by atoms with Gasteiger partial charge in [0, 0.05) is 16.7 Å². The average Bonchev–Trinajstić information content (AvgIpc) is 2.91. The van der Waals surface area contributed by atoms with Crippen molar-refractivity contribution < 1.29 is 14.3 Å². The van der Waals surface area contributed by atoms with E-state index < -0.39 is 0 Å². The lowest BCUT2D eigenvalue weighted by Gasteiger charge is -2.12. The number of halogens is 1. The van der Waals surface area contributed by atoms with Gasteiger partial charge in [-0.15, -0.1) is 0 Å². The molecular weight excluding hydrogens is 386 g/mol. The number of carbonyl (C=O) groups excluding carboxylic acids is 1. The number of nitrogens with zero attached hydrogens (tertiary/aromatic N) is 2. The standard InChI is InChI=1S/C18H18BrN3O3/c1-10-7-12(19)9-22-16(11(2)20-17(10)22)18(23)21-14-8-13(24-3)5-6-15(14)25-4/h5-9H,1-4H3,(H,21,23). The van der Waals surface area contributed by atoms with Crippen LogP contribution in [0.4, 0.5) is 5.69 Å². The van der Waals surface area contributed by atoms with Gasteiger partial charge in [-0.05, 0) is 53.5 Å². The van der Waals surface area contributed by atoms with Crippen LogP contribution in [0.5, 0.6) is 11.5 Å². The molecule has 0 saturated heterocycles. The van der Waals surface area contributed by atoms with Crippen molar-refractivity contribution in [3.63, 3.8) is 0 Å². The predicted octanol–water partition coefficient (Wildman–Crippen LogP) is 3.98. The molecule has 0 aliphatic heterocycles. The molecular formula is C18H18BrN3O3. The highest BCUT2D eigenvalue weighted by atomic mass is 79.9. The quantitative estimate of drug-likeness (QED) is 0.715. The van der Waals surface area contributed by atoms with E-state index in [4.69, 9.17) is 9.47 Å². The number of ether oxygens (including phenoxy) is 2. The van der Waals surface area contributed by atoms with Crippen LogP contribution < -0.4 is 14.8 Å². The number of benzene rings is 1. The molecule has 2 aromatic heterocycles. The third-order valence-electron chi connectivity index (χ3n) is 3.91. The number of carbonyl (C=O) groups is 1. The minimum Gasteiger partial charge on any atom is -0.497 e. The highest BCUT2D eigenvalue weighted by Crippen LogP contribution is 2.30. The zero-order valence-electron chi connectivity index (χ0n) is 14.4. The molecule has 0 unspecified atom stereocenters. The minimum atomic E-state index is -0.269. The SMILES string of the molecule is COc1ccc(OC)c(NC(=O)c2c(C)nc3c(C)cc(Br)cn23)c1. The Morgan fingerprint density at radius 1 is 1.20 bits per heavy atom. The molecule has 7 heteroatoms. The summed E-state index contributed by atoms with van der Waals surface area (Å²) >= 11 is 3.47. The maximum absolute atomic E-state index is 12.9. The molecule has 0 atom stereocenters. The summed E-state index contributed by atoms with van der Waals surface area (Å²) in [6.07, 6.45) is 1.83. The number of anilines is 1. The van der Waals surface area contributed by atoms with Crippen molar-refractivity contribution in [2.24, 2.45) is 0 Å². The summed E-state index contributed by atoms with van der Waals surface area (Å²) in [6.45, 7) is 3.78. The van der Waals surface area contributed by atoms with Gasteiger partial charge in [-0.3, -0.25) is 9.20 Å². The third kappa shape index (κ3) is 3.19. The van der Waals surface area contributed by atoms with Gasteiger partial charge >= 0.3 is 0 Å². The second-order valence-electron chi connectivity index (χ2n) is 5.60. The molecule has 3 aromatic rings. The molecule has 0 bridgehead atoms. The Morgan fingerprint density at radius 3 is 2.64 bits per heavy atom. The fourth-order valence-electron chi connectivity index (χ4n) is 2.75. The first-order valence-electron chi connectivity index (χ1n) is 7.62. The molecule has 0 radical (unpaired) electrons. The van der Waals surface area contributed by atoms with Crippen LogP contribution in [0.2, 0.25) is 0 Å². The van der Waals surface area contributed by atoms with E-state index in [0.717, 1.165) is 15.7 Å². The van der Waals surface area contributed by atoms with E-state index in [-0.39, 0.29) is 5.91 Å². The first-order valence-corrected chi connectivity index (χ1v) is 8.42. The van der Waals surface area contributed by atoms with Gasteiger partial charge in [0.15, 0.2) is 0 Å². The normalized spacial score (nSPS) is 10.8. The fourth-order valence-corrected chi connectivity index (χ4v) is 3.30. The number of methoxy groups -OCH3 is 2. The van der Waals surface area contributed by atoms with E-state index in [0.29, 0.717) is 28.6 Å². The van der Waals surface area contributed by atoms with Gasteiger partial charge in [-0.25, -0.2) is 4.98 Å². The van der Waals surface area contributed by atoms with E-state index in [9.17, 15) is 4.79 Å². The summed E-state index contributed by atoms with van der Waals surface area (Å²) in [5.41, 5.74) is 3.40. The van der Waals surface area contributed by atoms with Crippen LogP contribution in [-0.2, 0) is 0 Å². The Hall–Kier alpha value is -2.54. The van der Waals surface area contributed by atoms with Gasteiger partial charge in [-0.1, -0.05) is 0 Å². The molecule has 0 spiro atoms. The van der Waals surface area contributed by atoms with Gasteiger partial charge in [0.25, 0.3) is 5.91 Å². The molecule has 0 saturated carbocycles. The van der Waals surface area contributed by atoms with E-state index in [2.05, 4.69) is 26.2 Å². The highest BCUT2D eigenvalue weighted by molar-refractivity contribution is 9.10. The molecule has 25 heavy (non-hydrogen) atoms. The largest absolute Gasteiger partial charge is 0.497 e. The molecule has 2 heterocycles. The molecule has 1 aromatic carbocycles. The number of hydrogen-bond acceptors (Lipinski definition) is 4. The van der Waals surface area contributed by atoms with Crippen molar-refractivity contribution in [1.82, 2.24) is 9.38 Å². The molecule has 0 aliphatic carbocycles. The lowest BCUT2D eigenvalue weighted by atomic mass is 10.2. The van der Waals surface area contributed by atoms with Gasteiger partial charge < -0.3 is 14.8 Å². The second-order valence-corrected chi connectivity index (χ2v) is 6.52. The van der Waals surface area contributed by atoms with Crippen molar-refractivity contribution in [2.45, 2.75) is 13.8 Å². The monoisotopic (exact) mass is 403 g/mol. The zero-order valence-corrected chi connectivity index (χ0v) is 16.0. The summed E-state index contributed by atoms with van der Waals surface area (Å²) in [7, 11) is 3.12. The van der Waals surface area contributed by atoms with Crippen molar-refractivity contribution >= 4 is 33.2 Å². The van der Waals surface area contributed by atoms with Gasteiger partial charge in [0.05, 0.1) is 25.6 Å². The Labute approximate surface area is 153 Å². The Morgan fingerprint density at radius 2 is 1.96 bits per heavy atom. The van der Waals surface area contributed by atoms with E-state index in [1.54, 1.807) is 36.8 Å². The number of amides is 1. The van der Waals surface area contributed by atoms with Crippen molar-refractivity contribution in [3.05, 3.63) is 51.9 Å². The van der Waals surface area contributed by atoms with Gasteiger partial charge in [0.2, 0.25) is 0 Å². The smallest absolute Gasteiger partial charge is 0.274 e. The molecule has 3 rings (SSSR count). The average molecular weight is 404 g/mol. The third-order valence-corrected chi connectivity index (χ3v) is 4.35. The van der Waals surface area contributed by atoms with Crippen LogP contribution in [0.3, 0.4) is 0 Å². The molecule has 0 fully saturated rings. The number of pyridine rings is 1. The molecule has 1 N–H and O–H groups in total. The summed E-state index contributed by atoms with van der Waals surface area (Å²) < 4.78 is 13.2. The van der Waals surface area contributed by atoms with Crippen LogP contribution in [0.1, 0.15) is 21.7 Å². The summed E-state index contributed by atoms with van der Waals surface area (Å²) in [5.74, 6) is 0.914. The summed E-state index contributed by atoms with van der Waals surface area (Å²) in [6, 6.07) is 7.20. The fraction of sp³-hybridized carbons (Fsp3) is 0.222. The Bertz CT molecular complexity index is 966. The zero-order chi connectivity index (χ0) is 18.1. The number of nitrogens with one attached hydrogen (secondary N) is 1. The maximum Gasteiger partial charge on any atom is 0.274 e. The minimum absolute atomic E-state index is 0.269. The number of imidazole rings is 1. The van der Waals surface area contributed by atoms with Crippen LogP contribution in [0, 0.1) is 13.8 Å². The predicted molar refractivity (Wildman–Crippen MR) is 99.9 cm³/mol. The van der Waals surface area contributed by atoms with Crippen molar-refractivity contribution in [3.8, 4) is 11.5 Å². The number of hydrogen-bond donors (Lipinski definition) is 1.